The van der Waals surface area contributed by atoms with Gasteiger partial charge in [0.1, 0.15) is 0 Å². The van der Waals surface area contributed by atoms with E-state index in [0.29, 0.717) is 25.9 Å². The van der Waals surface area contributed by atoms with Crippen molar-refractivity contribution in [3.05, 3.63) is 48.6 Å². The summed E-state index contributed by atoms with van der Waals surface area (Å²) in [7, 11) is 0. The zero-order valence-corrected chi connectivity index (χ0v) is 43.2. The largest absolute Gasteiger partial charge is 0.466 e. The number of carbonyl (C=O) groups is 2. The van der Waals surface area contributed by atoms with Crippen LogP contribution in [-0.2, 0) is 14.3 Å². The predicted molar refractivity (Wildman–Crippen MR) is 282 cm³/mol. The van der Waals surface area contributed by atoms with E-state index >= 15 is 0 Å². The first-order valence-electron chi connectivity index (χ1n) is 28.4. The van der Waals surface area contributed by atoms with Crippen LogP contribution in [0.4, 0.5) is 0 Å². The van der Waals surface area contributed by atoms with Crippen molar-refractivity contribution in [2.75, 3.05) is 13.2 Å². The van der Waals surface area contributed by atoms with Gasteiger partial charge in [-0.3, -0.25) is 9.59 Å². The molecular weight excluding hydrogens is 803 g/mol. The molecule has 0 aromatic rings. The highest BCUT2D eigenvalue weighted by Crippen LogP contribution is 2.16. The molecule has 2 atom stereocenters. The first kappa shape index (κ1) is 62.8. The second-order valence-corrected chi connectivity index (χ2v) is 19.3. The van der Waals surface area contributed by atoms with Crippen LogP contribution in [-0.4, -0.2) is 47.4 Å². The van der Waals surface area contributed by atoms with Gasteiger partial charge in [0.15, 0.2) is 0 Å². The molecule has 0 fully saturated rings. The van der Waals surface area contributed by atoms with Crippen LogP contribution >= 0.6 is 0 Å². The molecule has 1 amide bonds. The molecule has 0 aliphatic rings. The number of aliphatic hydroxyl groups excluding tert-OH is 2. The summed E-state index contributed by atoms with van der Waals surface area (Å²) in [4.78, 5) is 24.5. The lowest BCUT2D eigenvalue weighted by atomic mass is 10.0. The van der Waals surface area contributed by atoms with E-state index in [1.165, 1.54) is 173 Å². The van der Waals surface area contributed by atoms with Gasteiger partial charge in [0.05, 0.1) is 25.4 Å². The number of rotatable bonds is 52. The molecule has 65 heavy (non-hydrogen) atoms. The van der Waals surface area contributed by atoms with E-state index in [1.807, 2.05) is 0 Å². The molecule has 3 N–H and O–H groups in total. The van der Waals surface area contributed by atoms with E-state index in [2.05, 4.69) is 67.8 Å². The Morgan fingerprint density at radius 1 is 0.446 bits per heavy atom. The molecule has 0 aromatic heterocycles. The smallest absolute Gasteiger partial charge is 0.305 e. The molecule has 0 rings (SSSR count). The zero-order chi connectivity index (χ0) is 47.2. The Morgan fingerprint density at radius 3 is 1.29 bits per heavy atom. The van der Waals surface area contributed by atoms with Gasteiger partial charge in [-0.1, -0.05) is 236 Å². The number of aliphatic hydroxyl groups is 2. The predicted octanol–water partition coefficient (Wildman–Crippen LogP) is 17.4. The molecule has 0 aromatic carbocycles. The Morgan fingerprint density at radius 2 is 0.815 bits per heavy atom. The minimum absolute atomic E-state index is 0.0258. The highest BCUT2D eigenvalue weighted by Gasteiger charge is 2.20. The van der Waals surface area contributed by atoms with Crippen molar-refractivity contribution >= 4 is 11.9 Å². The Labute approximate surface area is 404 Å². The number of esters is 1. The lowest BCUT2D eigenvalue weighted by Gasteiger charge is -2.22. The van der Waals surface area contributed by atoms with Crippen LogP contribution in [0.5, 0.6) is 0 Å². The molecule has 0 saturated carbocycles. The summed E-state index contributed by atoms with van der Waals surface area (Å²) in [6.07, 6.45) is 68.1. The summed E-state index contributed by atoms with van der Waals surface area (Å²) in [5.41, 5.74) is 0. The highest BCUT2D eigenvalue weighted by molar-refractivity contribution is 5.76. The van der Waals surface area contributed by atoms with Crippen LogP contribution in [0.2, 0.25) is 0 Å². The van der Waals surface area contributed by atoms with Gasteiger partial charge in [-0.25, -0.2) is 0 Å². The summed E-state index contributed by atoms with van der Waals surface area (Å²) in [6.45, 7) is 4.87. The quantitative estimate of drug-likeness (QED) is 0.0245. The molecule has 0 aliphatic heterocycles. The molecule has 6 heteroatoms. The monoisotopic (exact) mass is 912 g/mol. The van der Waals surface area contributed by atoms with E-state index in [9.17, 15) is 19.8 Å². The Bertz CT molecular complexity index is 1100. The number of amides is 1. The Balaban J connectivity index is 3.51. The fraction of sp³-hybridized carbons (Fsp3) is 0.831. The van der Waals surface area contributed by atoms with Crippen LogP contribution in [0.25, 0.3) is 0 Å². The van der Waals surface area contributed by atoms with Crippen LogP contribution in [0.1, 0.15) is 290 Å². The SMILES string of the molecule is CCCCC/C=C\C/C=C\CCCCCCCCCCCC(=O)OCCCCC/C=C\C=C/CCCCCCCCC(=O)NC(CO)C(O)CCCCCCCCCCCCCCCC. The van der Waals surface area contributed by atoms with Gasteiger partial charge < -0.3 is 20.3 Å². The average Bonchev–Trinajstić information content (AvgIpc) is 3.31. The third-order valence-corrected chi connectivity index (χ3v) is 12.9. The first-order valence-corrected chi connectivity index (χ1v) is 28.4. The van der Waals surface area contributed by atoms with E-state index < -0.39 is 12.1 Å². The minimum Gasteiger partial charge on any atom is -0.466 e. The minimum atomic E-state index is -0.679. The lowest BCUT2D eigenvalue weighted by molar-refractivity contribution is -0.143. The highest BCUT2D eigenvalue weighted by atomic mass is 16.5. The van der Waals surface area contributed by atoms with Crippen molar-refractivity contribution < 1.29 is 24.5 Å². The van der Waals surface area contributed by atoms with Gasteiger partial charge in [0, 0.05) is 12.8 Å². The van der Waals surface area contributed by atoms with Crippen molar-refractivity contribution in [1.82, 2.24) is 5.32 Å². The van der Waals surface area contributed by atoms with E-state index in [-0.39, 0.29) is 18.5 Å². The molecule has 380 valence electrons. The van der Waals surface area contributed by atoms with Crippen LogP contribution < -0.4 is 5.32 Å². The number of nitrogens with one attached hydrogen (secondary N) is 1. The molecule has 0 heterocycles. The third kappa shape index (κ3) is 51.1. The second-order valence-electron chi connectivity index (χ2n) is 19.3. The van der Waals surface area contributed by atoms with E-state index in [4.69, 9.17) is 4.74 Å². The van der Waals surface area contributed by atoms with Crippen molar-refractivity contribution in [2.45, 2.75) is 302 Å². The van der Waals surface area contributed by atoms with Gasteiger partial charge in [0.2, 0.25) is 5.91 Å². The lowest BCUT2D eigenvalue weighted by Crippen LogP contribution is -2.45. The first-order chi connectivity index (χ1) is 32.0. The average molecular weight is 913 g/mol. The molecule has 0 radical (unpaired) electrons. The normalized spacial score (nSPS) is 13.0. The zero-order valence-electron chi connectivity index (χ0n) is 43.2. The van der Waals surface area contributed by atoms with Gasteiger partial charge >= 0.3 is 5.97 Å². The number of ether oxygens (including phenoxy) is 1. The topological polar surface area (TPSA) is 95.9 Å². The molecule has 0 aliphatic carbocycles. The van der Waals surface area contributed by atoms with Crippen LogP contribution in [0, 0.1) is 0 Å². The van der Waals surface area contributed by atoms with Crippen LogP contribution in [0.15, 0.2) is 48.6 Å². The fourth-order valence-electron chi connectivity index (χ4n) is 8.48. The number of hydrogen-bond acceptors (Lipinski definition) is 5. The van der Waals surface area contributed by atoms with E-state index in [1.54, 1.807) is 0 Å². The number of carbonyl (C=O) groups excluding carboxylic acids is 2. The second kappa shape index (κ2) is 54.4. The van der Waals surface area contributed by atoms with Crippen molar-refractivity contribution in [3.63, 3.8) is 0 Å². The van der Waals surface area contributed by atoms with Crippen molar-refractivity contribution in [3.8, 4) is 0 Å². The molecular formula is C59H109NO5. The molecule has 0 spiro atoms. The summed E-state index contributed by atoms with van der Waals surface area (Å²) >= 11 is 0. The standard InChI is InChI=1S/C59H109NO5/c1-3-5-7-9-11-13-15-17-19-20-21-22-25-29-33-37-41-45-49-53-59(64)65-54-50-46-42-38-34-30-26-23-24-28-32-36-40-44-48-52-58(63)60-56(55-61)57(62)51-47-43-39-35-31-27-18-16-14-12-10-8-6-4-2/h11,13,17,19,23,26,30,34,56-57,61-62H,3-10,12,14-16,18,20-22,24-25,27-29,31-33,35-55H2,1-2H3,(H,60,63)/b13-11-,19-17-,26-23-,34-30-. The van der Waals surface area contributed by atoms with E-state index in [0.717, 1.165) is 83.5 Å². The molecule has 6 nitrogen and oxygen atoms in total. The summed E-state index contributed by atoms with van der Waals surface area (Å²) in [5, 5.41) is 23.2. The number of unbranched alkanes of at least 4 members (excludes halogenated alkanes) is 34. The maximum Gasteiger partial charge on any atom is 0.305 e. The Hall–Kier alpha value is -2.18. The summed E-state index contributed by atoms with van der Waals surface area (Å²) in [5.74, 6) is -0.0839. The summed E-state index contributed by atoms with van der Waals surface area (Å²) in [6, 6.07) is -0.559. The summed E-state index contributed by atoms with van der Waals surface area (Å²) < 4.78 is 5.46. The van der Waals surface area contributed by atoms with Gasteiger partial charge in [-0.05, 0) is 89.9 Å². The van der Waals surface area contributed by atoms with Crippen molar-refractivity contribution in [1.29, 1.82) is 0 Å². The van der Waals surface area contributed by atoms with Gasteiger partial charge in [0.25, 0.3) is 0 Å². The van der Waals surface area contributed by atoms with Gasteiger partial charge in [-0.15, -0.1) is 0 Å². The van der Waals surface area contributed by atoms with Crippen LogP contribution in [0.3, 0.4) is 0 Å². The Kier molecular flexibility index (Phi) is 52.6. The van der Waals surface area contributed by atoms with Gasteiger partial charge in [-0.2, -0.15) is 0 Å². The maximum absolute atomic E-state index is 12.5. The number of allylic oxidation sites excluding steroid dienone is 8. The molecule has 2 unspecified atom stereocenters. The number of hydrogen-bond donors (Lipinski definition) is 3. The fourth-order valence-corrected chi connectivity index (χ4v) is 8.48. The maximum atomic E-state index is 12.5. The molecule has 0 bridgehead atoms. The molecule has 0 saturated heterocycles. The van der Waals surface area contributed by atoms with Crippen molar-refractivity contribution in [2.24, 2.45) is 0 Å². The third-order valence-electron chi connectivity index (χ3n) is 12.9.